The van der Waals surface area contributed by atoms with Gasteiger partial charge in [-0.05, 0) is 18.2 Å². The topological polar surface area (TPSA) is 70.3 Å². The SMILES string of the molecule is COc1ccc(OC)c(C(N)c2cnsn2)c1. The summed E-state index contributed by atoms with van der Waals surface area (Å²) in [6.07, 6.45) is 1.66. The van der Waals surface area contributed by atoms with E-state index in [-0.39, 0.29) is 6.04 Å². The zero-order valence-corrected chi connectivity index (χ0v) is 10.4. The van der Waals surface area contributed by atoms with Gasteiger partial charge in [0.15, 0.2) is 0 Å². The molecule has 17 heavy (non-hydrogen) atoms. The Hall–Kier alpha value is -1.66. The van der Waals surface area contributed by atoms with Gasteiger partial charge >= 0.3 is 0 Å². The molecule has 5 nitrogen and oxygen atoms in total. The van der Waals surface area contributed by atoms with Crippen molar-refractivity contribution in [1.29, 1.82) is 0 Å². The molecule has 6 heteroatoms. The second kappa shape index (κ2) is 5.11. The number of benzene rings is 1. The molecule has 1 heterocycles. The van der Waals surface area contributed by atoms with E-state index in [0.29, 0.717) is 5.75 Å². The Kier molecular flexibility index (Phi) is 3.55. The molecule has 0 radical (unpaired) electrons. The summed E-state index contributed by atoms with van der Waals surface area (Å²) in [5, 5.41) is 0. The number of nitrogens with zero attached hydrogens (tertiary/aromatic N) is 2. The third-order valence-corrected chi connectivity index (χ3v) is 2.96. The first-order valence-corrected chi connectivity index (χ1v) is 5.74. The van der Waals surface area contributed by atoms with Crippen LogP contribution < -0.4 is 15.2 Å². The fourth-order valence-corrected chi connectivity index (χ4v) is 2.01. The Morgan fingerprint density at radius 1 is 1.29 bits per heavy atom. The van der Waals surface area contributed by atoms with Gasteiger partial charge in [-0.3, -0.25) is 0 Å². The number of methoxy groups -OCH3 is 2. The standard InChI is InChI=1S/C11H13N3O2S/c1-15-7-3-4-10(16-2)8(5-7)11(12)9-6-13-17-14-9/h3-6,11H,12H2,1-2H3. The lowest BCUT2D eigenvalue weighted by molar-refractivity contribution is 0.397. The molecule has 0 fully saturated rings. The minimum Gasteiger partial charge on any atom is -0.497 e. The van der Waals surface area contributed by atoms with E-state index < -0.39 is 0 Å². The number of nitrogens with two attached hydrogens (primary N) is 1. The van der Waals surface area contributed by atoms with Gasteiger partial charge in [0, 0.05) is 5.56 Å². The monoisotopic (exact) mass is 251 g/mol. The van der Waals surface area contributed by atoms with Gasteiger partial charge in [0.05, 0.1) is 43.9 Å². The molecule has 0 bridgehead atoms. The molecule has 0 aliphatic rings. The Morgan fingerprint density at radius 3 is 2.71 bits per heavy atom. The van der Waals surface area contributed by atoms with Gasteiger partial charge in [-0.2, -0.15) is 8.75 Å². The van der Waals surface area contributed by atoms with Crippen LogP contribution in [-0.2, 0) is 0 Å². The lowest BCUT2D eigenvalue weighted by Gasteiger charge is -2.14. The molecule has 0 saturated heterocycles. The van der Waals surface area contributed by atoms with Crippen LogP contribution in [0, 0.1) is 0 Å². The summed E-state index contributed by atoms with van der Waals surface area (Å²) in [4.78, 5) is 0. The Balaban J connectivity index is 2.41. The van der Waals surface area contributed by atoms with Crippen LogP contribution in [-0.4, -0.2) is 23.0 Å². The van der Waals surface area contributed by atoms with Crippen LogP contribution in [0.3, 0.4) is 0 Å². The van der Waals surface area contributed by atoms with Crippen molar-refractivity contribution in [1.82, 2.24) is 8.75 Å². The smallest absolute Gasteiger partial charge is 0.124 e. The van der Waals surface area contributed by atoms with Gasteiger partial charge in [-0.15, -0.1) is 0 Å². The molecule has 1 aromatic carbocycles. The van der Waals surface area contributed by atoms with Crippen molar-refractivity contribution in [2.75, 3.05) is 14.2 Å². The predicted octanol–water partition coefficient (Wildman–Crippen LogP) is 1.60. The first kappa shape index (κ1) is 11.8. The molecule has 2 N–H and O–H groups in total. The highest BCUT2D eigenvalue weighted by Crippen LogP contribution is 2.30. The molecule has 2 rings (SSSR count). The van der Waals surface area contributed by atoms with Crippen molar-refractivity contribution in [3.05, 3.63) is 35.7 Å². The second-order valence-electron chi connectivity index (χ2n) is 3.42. The highest BCUT2D eigenvalue weighted by molar-refractivity contribution is 6.99. The summed E-state index contributed by atoms with van der Waals surface area (Å²) >= 11 is 1.13. The number of ether oxygens (including phenoxy) is 2. The first-order valence-electron chi connectivity index (χ1n) is 5.01. The number of hydrogen-bond acceptors (Lipinski definition) is 6. The van der Waals surface area contributed by atoms with E-state index in [1.807, 2.05) is 18.2 Å². The van der Waals surface area contributed by atoms with Crippen LogP contribution in [0.5, 0.6) is 11.5 Å². The third-order valence-electron chi connectivity index (χ3n) is 2.47. The minimum atomic E-state index is -0.362. The van der Waals surface area contributed by atoms with E-state index in [9.17, 15) is 0 Å². The molecule has 0 saturated carbocycles. The van der Waals surface area contributed by atoms with Gasteiger partial charge < -0.3 is 15.2 Å². The summed E-state index contributed by atoms with van der Waals surface area (Å²) in [6.45, 7) is 0. The van der Waals surface area contributed by atoms with E-state index >= 15 is 0 Å². The number of hydrogen-bond donors (Lipinski definition) is 1. The predicted molar refractivity (Wildman–Crippen MR) is 65.5 cm³/mol. The van der Waals surface area contributed by atoms with Crippen LogP contribution >= 0.6 is 11.7 Å². The van der Waals surface area contributed by atoms with Crippen LogP contribution in [0.15, 0.2) is 24.4 Å². The van der Waals surface area contributed by atoms with E-state index in [1.165, 1.54) is 0 Å². The largest absolute Gasteiger partial charge is 0.497 e. The Morgan fingerprint density at radius 2 is 2.12 bits per heavy atom. The molecule has 1 atom stereocenters. The summed E-state index contributed by atoms with van der Waals surface area (Å²) in [5.74, 6) is 1.45. The van der Waals surface area contributed by atoms with Gasteiger partial charge in [0.1, 0.15) is 11.5 Å². The zero-order chi connectivity index (χ0) is 12.3. The van der Waals surface area contributed by atoms with Crippen molar-refractivity contribution in [2.45, 2.75) is 6.04 Å². The van der Waals surface area contributed by atoms with E-state index in [1.54, 1.807) is 20.4 Å². The molecule has 0 spiro atoms. The molecular weight excluding hydrogens is 238 g/mol. The summed E-state index contributed by atoms with van der Waals surface area (Å²) in [7, 11) is 3.22. The normalized spacial score (nSPS) is 12.2. The lowest BCUT2D eigenvalue weighted by atomic mass is 10.0. The maximum atomic E-state index is 6.13. The van der Waals surface area contributed by atoms with Gasteiger partial charge in [-0.25, -0.2) is 0 Å². The summed E-state index contributed by atoms with van der Waals surface area (Å²) in [6, 6.07) is 5.14. The molecule has 0 aliphatic carbocycles. The average molecular weight is 251 g/mol. The Bertz CT molecular complexity index is 487. The van der Waals surface area contributed by atoms with Gasteiger partial charge in [-0.1, -0.05) is 0 Å². The van der Waals surface area contributed by atoms with Crippen LogP contribution in [0.2, 0.25) is 0 Å². The van der Waals surface area contributed by atoms with Crippen molar-refractivity contribution < 1.29 is 9.47 Å². The molecule has 2 aromatic rings. The molecule has 90 valence electrons. The van der Waals surface area contributed by atoms with Crippen LogP contribution in [0.4, 0.5) is 0 Å². The van der Waals surface area contributed by atoms with Crippen molar-refractivity contribution >= 4 is 11.7 Å². The van der Waals surface area contributed by atoms with Crippen molar-refractivity contribution in [3.8, 4) is 11.5 Å². The van der Waals surface area contributed by atoms with Crippen LogP contribution in [0.25, 0.3) is 0 Å². The van der Waals surface area contributed by atoms with E-state index in [4.69, 9.17) is 15.2 Å². The molecular formula is C11H13N3O2S. The first-order chi connectivity index (χ1) is 8.26. The maximum absolute atomic E-state index is 6.13. The quantitative estimate of drug-likeness (QED) is 0.893. The van der Waals surface area contributed by atoms with Crippen LogP contribution in [0.1, 0.15) is 17.3 Å². The number of rotatable bonds is 4. The van der Waals surface area contributed by atoms with Gasteiger partial charge in [0.25, 0.3) is 0 Å². The average Bonchev–Trinajstić information content (AvgIpc) is 2.91. The molecule has 0 aliphatic heterocycles. The van der Waals surface area contributed by atoms with E-state index in [0.717, 1.165) is 28.7 Å². The maximum Gasteiger partial charge on any atom is 0.124 e. The second-order valence-corrected chi connectivity index (χ2v) is 3.97. The number of aromatic nitrogens is 2. The van der Waals surface area contributed by atoms with E-state index in [2.05, 4.69) is 8.75 Å². The zero-order valence-electron chi connectivity index (χ0n) is 9.58. The highest BCUT2D eigenvalue weighted by atomic mass is 32.1. The molecule has 0 amide bonds. The lowest BCUT2D eigenvalue weighted by Crippen LogP contribution is -2.13. The fraction of sp³-hybridized carbons (Fsp3) is 0.273. The molecule has 1 unspecified atom stereocenters. The summed E-state index contributed by atoms with van der Waals surface area (Å²) < 4.78 is 18.5. The fourth-order valence-electron chi connectivity index (χ4n) is 1.55. The molecule has 1 aromatic heterocycles. The summed E-state index contributed by atoms with van der Waals surface area (Å²) in [5.41, 5.74) is 7.69. The highest BCUT2D eigenvalue weighted by Gasteiger charge is 2.17. The van der Waals surface area contributed by atoms with Gasteiger partial charge in [0.2, 0.25) is 0 Å². The van der Waals surface area contributed by atoms with Crippen molar-refractivity contribution in [2.24, 2.45) is 5.73 Å². The minimum absolute atomic E-state index is 0.362. The Labute approximate surface area is 104 Å². The third kappa shape index (κ3) is 2.37. The van der Waals surface area contributed by atoms with Crippen molar-refractivity contribution in [3.63, 3.8) is 0 Å².